The van der Waals surface area contributed by atoms with E-state index in [1.807, 2.05) is 36.6 Å². The van der Waals surface area contributed by atoms with Crippen LogP contribution >= 0.6 is 11.3 Å². The summed E-state index contributed by atoms with van der Waals surface area (Å²) in [5, 5.41) is 11.7. The summed E-state index contributed by atoms with van der Waals surface area (Å²) in [4.78, 5) is 29.1. The molecule has 0 bridgehead atoms. The molecule has 0 fully saturated rings. The molecule has 0 spiro atoms. The van der Waals surface area contributed by atoms with Gasteiger partial charge in [-0.1, -0.05) is 36.8 Å². The summed E-state index contributed by atoms with van der Waals surface area (Å²) in [5.74, 6) is -1.03. The molecule has 3 aromatic rings. The van der Waals surface area contributed by atoms with Crippen LogP contribution in [0.1, 0.15) is 24.9 Å². The molecule has 0 amide bonds. The molecule has 2 heterocycles. The van der Waals surface area contributed by atoms with Gasteiger partial charge in [-0.2, -0.15) is 0 Å². The monoisotopic (exact) mass is 328 g/mol. The lowest BCUT2D eigenvalue weighted by molar-refractivity contribution is -0.141. The van der Waals surface area contributed by atoms with Crippen molar-refractivity contribution in [3.63, 3.8) is 0 Å². The second-order valence-electron chi connectivity index (χ2n) is 5.41. The van der Waals surface area contributed by atoms with Crippen LogP contribution in [0.4, 0.5) is 0 Å². The highest BCUT2D eigenvalue weighted by molar-refractivity contribution is 7.17. The summed E-state index contributed by atoms with van der Waals surface area (Å²) in [6.45, 7) is 3.74. The Kier molecular flexibility index (Phi) is 4.00. The van der Waals surface area contributed by atoms with Gasteiger partial charge >= 0.3 is 5.97 Å². The third kappa shape index (κ3) is 2.66. The lowest BCUT2D eigenvalue weighted by Gasteiger charge is -2.13. The number of aliphatic carboxylic acids is 1. The van der Waals surface area contributed by atoms with Gasteiger partial charge in [-0.25, -0.2) is 9.78 Å². The van der Waals surface area contributed by atoms with E-state index in [0.717, 1.165) is 16.7 Å². The van der Waals surface area contributed by atoms with Gasteiger partial charge in [-0.05, 0) is 18.9 Å². The molecule has 118 valence electrons. The lowest BCUT2D eigenvalue weighted by atomic mass is 10.0. The minimum absolute atomic E-state index is 0.305. The number of fused-ring (bicyclic) bond motifs is 1. The molecule has 2 aromatic heterocycles. The van der Waals surface area contributed by atoms with Crippen molar-refractivity contribution >= 4 is 27.5 Å². The van der Waals surface area contributed by atoms with Crippen LogP contribution in [0.25, 0.3) is 21.3 Å². The van der Waals surface area contributed by atoms with E-state index >= 15 is 0 Å². The predicted molar refractivity (Wildman–Crippen MR) is 91.0 cm³/mol. The first-order chi connectivity index (χ1) is 11.0. The number of thiophene rings is 1. The second kappa shape index (κ2) is 5.96. The zero-order valence-corrected chi connectivity index (χ0v) is 13.6. The maximum atomic E-state index is 12.8. The Hall–Kier alpha value is -2.47. The maximum Gasteiger partial charge on any atom is 0.326 e. The summed E-state index contributed by atoms with van der Waals surface area (Å²) in [6.07, 6.45) is 1.66. The van der Waals surface area contributed by atoms with Crippen molar-refractivity contribution in [3.05, 3.63) is 51.9 Å². The average molecular weight is 328 g/mol. The highest BCUT2D eigenvalue weighted by atomic mass is 32.1. The molecule has 1 aromatic carbocycles. The zero-order valence-electron chi connectivity index (χ0n) is 12.8. The number of benzene rings is 1. The fourth-order valence-corrected chi connectivity index (χ4v) is 3.51. The van der Waals surface area contributed by atoms with E-state index in [4.69, 9.17) is 0 Å². The maximum absolute atomic E-state index is 12.8. The van der Waals surface area contributed by atoms with Crippen LogP contribution in [0, 0.1) is 6.92 Å². The van der Waals surface area contributed by atoms with Crippen molar-refractivity contribution in [1.82, 2.24) is 9.55 Å². The van der Waals surface area contributed by atoms with Crippen LogP contribution in [0.3, 0.4) is 0 Å². The Morgan fingerprint density at radius 2 is 2.04 bits per heavy atom. The third-order valence-electron chi connectivity index (χ3n) is 3.89. The van der Waals surface area contributed by atoms with Crippen molar-refractivity contribution in [2.24, 2.45) is 0 Å². The molecule has 1 atom stereocenters. The summed E-state index contributed by atoms with van der Waals surface area (Å²) < 4.78 is 1.22. The van der Waals surface area contributed by atoms with Crippen LogP contribution in [0.2, 0.25) is 0 Å². The van der Waals surface area contributed by atoms with Gasteiger partial charge < -0.3 is 5.11 Å². The first kappa shape index (κ1) is 15.4. The van der Waals surface area contributed by atoms with Gasteiger partial charge in [0, 0.05) is 10.9 Å². The largest absolute Gasteiger partial charge is 0.480 e. The Labute approximate surface area is 136 Å². The van der Waals surface area contributed by atoms with Crippen LogP contribution in [0.15, 0.2) is 40.8 Å². The summed E-state index contributed by atoms with van der Waals surface area (Å²) >= 11 is 1.39. The fraction of sp³-hybridized carbons (Fsp3) is 0.235. The number of aromatic nitrogens is 2. The summed E-state index contributed by atoms with van der Waals surface area (Å²) in [7, 11) is 0. The van der Waals surface area contributed by atoms with Crippen molar-refractivity contribution < 1.29 is 9.90 Å². The quantitative estimate of drug-likeness (QED) is 0.796. The average Bonchev–Trinajstić information content (AvgIpc) is 2.95. The molecule has 0 unspecified atom stereocenters. The smallest absolute Gasteiger partial charge is 0.326 e. The molecule has 3 rings (SSSR count). The van der Waals surface area contributed by atoms with Crippen LogP contribution < -0.4 is 5.56 Å². The van der Waals surface area contributed by atoms with Gasteiger partial charge in [0.15, 0.2) is 0 Å². The number of carboxylic acids is 1. The van der Waals surface area contributed by atoms with Gasteiger partial charge in [0.05, 0.1) is 11.7 Å². The van der Waals surface area contributed by atoms with Gasteiger partial charge in [-0.15, -0.1) is 11.3 Å². The Bertz CT molecular complexity index is 925. The summed E-state index contributed by atoms with van der Waals surface area (Å²) in [6, 6.07) is 6.99. The number of nitrogens with zero attached hydrogens (tertiary/aromatic N) is 2. The van der Waals surface area contributed by atoms with Crippen molar-refractivity contribution in [2.75, 3.05) is 0 Å². The van der Waals surface area contributed by atoms with E-state index in [9.17, 15) is 14.7 Å². The molecule has 0 aliphatic heterocycles. The molecule has 0 aliphatic rings. The first-order valence-electron chi connectivity index (χ1n) is 7.31. The van der Waals surface area contributed by atoms with Gasteiger partial charge in [0.25, 0.3) is 5.56 Å². The third-order valence-corrected chi connectivity index (χ3v) is 4.78. The van der Waals surface area contributed by atoms with E-state index < -0.39 is 12.0 Å². The molecule has 0 aliphatic carbocycles. The Morgan fingerprint density at radius 1 is 1.35 bits per heavy atom. The topological polar surface area (TPSA) is 72.2 Å². The lowest BCUT2D eigenvalue weighted by Crippen LogP contribution is -2.29. The predicted octanol–water partition coefficient (Wildman–Crippen LogP) is 3.47. The Balaban J connectivity index is 2.24. The van der Waals surface area contributed by atoms with Crippen molar-refractivity contribution in [1.29, 1.82) is 0 Å². The summed E-state index contributed by atoms with van der Waals surface area (Å²) in [5.41, 5.74) is 2.57. The van der Waals surface area contributed by atoms with E-state index in [1.54, 1.807) is 6.92 Å². The molecule has 5 nitrogen and oxygen atoms in total. The highest BCUT2D eigenvalue weighted by Gasteiger charge is 2.21. The van der Waals surface area contributed by atoms with Crippen LogP contribution in [-0.4, -0.2) is 20.6 Å². The van der Waals surface area contributed by atoms with E-state index in [0.29, 0.717) is 16.6 Å². The molecule has 0 saturated carbocycles. The SMILES string of the molecule is CC[C@H](C(=O)O)n1cnc2scc(-c3ccc(C)cc3)c2c1=O. The van der Waals surface area contributed by atoms with Gasteiger partial charge in [-0.3, -0.25) is 9.36 Å². The van der Waals surface area contributed by atoms with Crippen LogP contribution in [-0.2, 0) is 4.79 Å². The molecular formula is C17H16N2O3S. The first-order valence-corrected chi connectivity index (χ1v) is 8.19. The minimum Gasteiger partial charge on any atom is -0.480 e. The number of rotatable bonds is 4. The number of carboxylic acid groups (broad SMARTS) is 1. The number of hydrogen-bond acceptors (Lipinski definition) is 4. The van der Waals surface area contributed by atoms with Crippen molar-refractivity contribution in [2.45, 2.75) is 26.3 Å². The van der Waals surface area contributed by atoms with E-state index in [1.165, 1.54) is 22.2 Å². The molecule has 0 saturated heterocycles. The molecular weight excluding hydrogens is 312 g/mol. The number of carbonyl (C=O) groups is 1. The van der Waals surface area contributed by atoms with E-state index in [2.05, 4.69) is 4.98 Å². The normalized spacial score (nSPS) is 12.4. The number of aryl methyl sites for hydroxylation is 1. The fourth-order valence-electron chi connectivity index (χ4n) is 2.60. The van der Waals surface area contributed by atoms with Crippen LogP contribution in [0.5, 0.6) is 0 Å². The standard InChI is InChI=1S/C17H16N2O3S/c1-3-13(17(21)22)19-9-18-15-14(16(19)20)12(8-23-15)11-6-4-10(2)5-7-11/h4-9,13H,3H2,1-2H3,(H,21,22)/t13-/m1/s1. The molecule has 0 radical (unpaired) electrons. The van der Waals surface area contributed by atoms with Crippen molar-refractivity contribution in [3.8, 4) is 11.1 Å². The minimum atomic E-state index is -1.03. The second-order valence-corrected chi connectivity index (χ2v) is 6.27. The van der Waals surface area contributed by atoms with Gasteiger partial charge in [0.2, 0.25) is 0 Å². The number of hydrogen-bond donors (Lipinski definition) is 1. The molecule has 23 heavy (non-hydrogen) atoms. The zero-order chi connectivity index (χ0) is 16.6. The highest BCUT2D eigenvalue weighted by Crippen LogP contribution is 2.31. The molecule has 1 N–H and O–H groups in total. The van der Waals surface area contributed by atoms with Gasteiger partial charge in [0.1, 0.15) is 10.9 Å². The molecule has 6 heteroatoms. The Morgan fingerprint density at radius 3 is 2.65 bits per heavy atom. The van der Waals surface area contributed by atoms with E-state index in [-0.39, 0.29) is 5.56 Å².